The molecule has 0 spiro atoms. The Bertz CT molecular complexity index is 187. The fraction of sp³-hybridized carbons (Fsp3) is 1.00. The van der Waals surface area contributed by atoms with Crippen molar-refractivity contribution in [3.8, 4) is 0 Å². The van der Waals surface area contributed by atoms with E-state index in [1.165, 1.54) is 30.5 Å². The number of likely N-dealkylation sites (tertiary alicyclic amines) is 1. The molecule has 1 aliphatic carbocycles. The minimum atomic E-state index is 0.655. The van der Waals surface area contributed by atoms with Crippen LogP contribution in [0.3, 0.4) is 0 Å². The van der Waals surface area contributed by atoms with Gasteiger partial charge in [0, 0.05) is 22.3 Å². The van der Waals surface area contributed by atoms with Crippen LogP contribution in [0.2, 0.25) is 0 Å². The summed E-state index contributed by atoms with van der Waals surface area (Å²) < 4.78 is 1.27. The summed E-state index contributed by atoms with van der Waals surface area (Å²) >= 11 is 6.25. The van der Waals surface area contributed by atoms with Gasteiger partial charge < -0.3 is 4.90 Å². The Balaban J connectivity index is 1.89. The maximum absolute atomic E-state index is 3.78. The first-order chi connectivity index (χ1) is 5.68. The van der Waals surface area contributed by atoms with Crippen molar-refractivity contribution in [1.82, 2.24) is 4.90 Å². The quantitative estimate of drug-likeness (QED) is 0.550. The van der Waals surface area contributed by atoms with Crippen molar-refractivity contribution in [2.75, 3.05) is 24.1 Å². The molecule has 0 aromatic carbocycles. The van der Waals surface area contributed by atoms with Crippen molar-refractivity contribution in [3.05, 3.63) is 0 Å². The second-order valence-electron chi connectivity index (χ2n) is 4.25. The van der Waals surface area contributed by atoms with Crippen molar-refractivity contribution in [1.29, 1.82) is 0 Å². The molecule has 2 aliphatic rings. The molecule has 1 nitrogen and oxygen atoms in total. The van der Waals surface area contributed by atoms with Gasteiger partial charge in [-0.2, -0.15) is 0 Å². The number of piperidine rings is 1. The van der Waals surface area contributed by atoms with Crippen LogP contribution in [0.25, 0.3) is 0 Å². The Hall–Kier alpha value is 1.17. The van der Waals surface area contributed by atoms with Gasteiger partial charge in [0.2, 0.25) is 0 Å². The number of hydrogen-bond acceptors (Lipinski definition) is 1. The van der Waals surface area contributed by atoms with Crippen LogP contribution in [0.5, 0.6) is 0 Å². The van der Waals surface area contributed by atoms with Crippen molar-refractivity contribution in [3.63, 3.8) is 0 Å². The third-order valence-electron chi connectivity index (χ3n) is 3.54. The molecule has 1 aliphatic heterocycles. The number of hydrogen-bond donors (Lipinski definition) is 0. The van der Waals surface area contributed by atoms with Gasteiger partial charge in [-0.3, -0.25) is 0 Å². The average molecular weight is 344 g/mol. The largest absolute Gasteiger partial charge is 0.302 e. The zero-order chi connectivity index (χ0) is 8.77. The van der Waals surface area contributed by atoms with Gasteiger partial charge >= 0.3 is 0 Å². The summed E-state index contributed by atoms with van der Waals surface area (Å²) in [7, 11) is 0. The smallest absolute Gasteiger partial charge is 0.0249 e. The van der Waals surface area contributed by atoms with Gasteiger partial charge in [0.05, 0.1) is 0 Å². The second-order valence-corrected chi connectivity index (χ2v) is 6.32. The Labute approximate surface area is 96.5 Å². The van der Waals surface area contributed by atoms with Crippen molar-refractivity contribution in [2.45, 2.75) is 18.2 Å². The summed E-state index contributed by atoms with van der Waals surface area (Å²) in [5.74, 6) is 0.939. The fourth-order valence-corrected chi connectivity index (χ4v) is 4.18. The normalized spacial score (nSPS) is 47.2. The highest BCUT2D eigenvalue weighted by atomic mass is 127. The lowest BCUT2D eigenvalue weighted by Gasteiger charge is -2.28. The first-order valence-corrected chi connectivity index (χ1v) is 7.05. The van der Waals surface area contributed by atoms with Crippen molar-refractivity contribution in [2.24, 2.45) is 11.3 Å². The lowest BCUT2D eigenvalue weighted by Crippen LogP contribution is -2.35. The summed E-state index contributed by atoms with van der Waals surface area (Å²) in [6.07, 6.45) is 1.39. The van der Waals surface area contributed by atoms with E-state index in [9.17, 15) is 0 Å². The van der Waals surface area contributed by atoms with Gasteiger partial charge in [-0.25, -0.2) is 0 Å². The van der Waals surface area contributed by atoms with E-state index < -0.39 is 0 Å². The molecule has 12 heavy (non-hydrogen) atoms. The lowest BCUT2D eigenvalue weighted by atomic mass is 9.98. The Kier molecular flexibility index (Phi) is 2.74. The predicted molar refractivity (Wildman–Crippen MR) is 64.3 cm³/mol. The molecule has 1 saturated heterocycles. The van der Waals surface area contributed by atoms with Gasteiger partial charge in [0.15, 0.2) is 0 Å². The highest BCUT2D eigenvalue weighted by molar-refractivity contribution is 14.1. The lowest BCUT2D eigenvalue weighted by molar-refractivity contribution is 0.197. The summed E-state index contributed by atoms with van der Waals surface area (Å²) in [5.41, 5.74) is 0.655. The van der Waals surface area contributed by atoms with Gasteiger partial charge in [-0.05, 0) is 24.3 Å². The number of nitrogens with zero attached hydrogens (tertiary/aromatic N) is 1. The minimum absolute atomic E-state index is 0.655. The number of rotatable bonds is 2. The van der Waals surface area contributed by atoms with Gasteiger partial charge in [-0.1, -0.05) is 45.4 Å². The van der Waals surface area contributed by atoms with E-state index in [0.29, 0.717) is 5.41 Å². The molecule has 1 saturated carbocycles. The molecule has 0 radical (unpaired) electrons. The highest BCUT2D eigenvalue weighted by Gasteiger charge is 2.61. The summed E-state index contributed by atoms with van der Waals surface area (Å²) in [4.78, 5) is 3.42. The molecular formula is C9H15BrIN. The van der Waals surface area contributed by atoms with Crippen LogP contribution < -0.4 is 0 Å². The molecule has 0 aromatic heterocycles. The fourth-order valence-electron chi connectivity index (χ4n) is 2.32. The standard InChI is InChI=1S/C9H15BrIN/c1-9-2-4-12(5-3-11)6-7(9)8(9)10/h7-8H,2-6H2,1H3. The van der Waals surface area contributed by atoms with Crippen molar-refractivity contribution < 1.29 is 0 Å². The van der Waals surface area contributed by atoms with E-state index in [1.54, 1.807) is 0 Å². The average Bonchev–Trinajstić information content (AvgIpc) is 2.58. The summed E-state index contributed by atoms with van der Waals surface area (Å²) in [6.45, 7) is 6.36. The minimum Gasteiger partial charge on any atom is -0.302 e. The monoisotopic (exact) mass is 343 g/mol. The van der Waals surface area contributed by atoms with Crippen molar-refractivity contribution >= 4 is 38.5 Å². The topological polar surface area (TPSA) is 3.24 Å². The molecule has 3 unspecified atom stereocenters. The van der Waals surface area contributed by atoms with Crippen LogP contribution in [0, 0.1) is 11.3 Å². The van der Waals surface area contributed by atoms with E-state index in [1.807, 2.05) is 0 Å². The Morgan fingerprint density at radius 2 is 2.42 bits per heavy atom. The zero-order valence-corrected chi connectivity index (χ0v) is 11.1. The third kappa shape index (κ3) is 1.46. The van der Waals surface area contributed by atoms with E-state index in [4.69, 9.17) is 0 Å². The molecule has 3 atom stereocenters. The maximum atomic E-state index is 3.78. The van der Waals surface area contributed by atoms with Crippen LogP contribution in [-0.4, -0.2) is 33.8 Å². The number of alkyl halides is 2. The number of fused-ring (bicyclic) bond motifs is 1. The van der Waals surface area contributed by atoms with Crippen LogP contribution >= 0.6 is 38.5 Å². The molecule has 0 bridgehead atoms. The van der Waals surface area contributed by atoms with E-state index in [-0.39, 0.29) is 0 Å². The molecule has 3 heteroatoms. The van der Waals surface area contributed by atoms with Crippen LogP contribution in [-0.2, 0) is 0 Å². The Morgan fingerprint density at radius 3 is 3.00 bits per heavy atom. The molecule has 0 aromatic rings. The van der Waals surface area contributed by atoms with Crippen LogP contribution in [0.4, 0.5) is 0 Å². The van der Waals surface area contributed by atoms with E-state index in [2.05, 4.69) is 50.3 Å². The van der Waals surface area contributed by atoms with Gasteiger partial charge in [0.25, 0.3) is 0 Å². The molecular weight excluding hydrogens is 329 g/mol. The van der Waals surface area contributed by atoms with Gasteiger partial charge in [0.1, 0.15) is 0 Å². The van der Waals surface area contributed by atoms with Crippen LogP contribution in [0.15, 0.2) is 0 Å². The first kappa shape index (κ1) is 9.71. The van der Waals surface area contributed by atoms with Gasteiger partial charge in [-0.15, -0.1) is 0 Å². The van der Waals surface area contributed by atoms with E-state index in [0.717, 1.165) is 10.7 Å². The summed E-state index contributed by atoms with van der Waals surface area (Å²) in [6, 6.07) is 0. The number of halogens is 2. The van der Waals surface area contributed by atoms with E-state index >= 15 is 0 Å². The Morgan fingerprint density at radius 1 is 1.67 bits per heavy atom. The molecule has 0 N–H and O–H groups in total. The molecule has 1 heterocycles. The van der Waals surface area contributed by atoms with Crippen LogP contribution in [0.1, 0.15) is 13.3 Å². The molecule has 2 rings (SSSR count). The first-order valence-electron chi connectivity index (χ1n) is 4.61. The molecule has 70 valence electrons. The third-order valence-corrected chi connectivity index (χ3v) is 5.71. The molecule has 0 amide bonds. The highest BCUT2D eigenvalue weighted by Crippen LogP contribution is 2.61. The molecule has 2 fully saturated rings. The maximum Gasteiger partial charge on any atom is 0.0249 e. The SMILES string of the molecule is CC12CCN(CCI)CC1C2Br. The second kappa shape index (κ2) is 3.39. The summed E-state index contributed by atoms with van der Waals surface area (Å²) in [5, 5.41) is 0. The predicted octanol–water partition coefficient (Wildman–Crippen LogP) is 2.53. The zero-order valence-electron chi connectivity index (χ0n) is 7.39.